The number of hydrogen-bond acceptors (Lipinski definition) is 4. The molecule has 1 unspecified atom stereocenters. The fourth-order valence-corrected chi connectivity index (χ4v) is 5.75. The molecule has 0 radical (unpaired) electrons. The minimum absolute atomic E-state index is 0.0503. The highest BCUT2D eigenvalue weighted by molar-refractivity contribution is 7.89. The van der Waals surface area contributed by atoms with Gasteiger partial charge in [-0.3, -0.25) is 9.59 Å². The molecule has 2 aromatic carbocycles. The number of halogens is 1. The van der Waals surface area contributed by atoms with Crippen molar-refractivity contribution >= 4 is 33.4 Å². The minimum atomic E-state index is -3.91. The van der Waals surface area contributed by atoms with Crippen LogP contribution in [0.2, 0.25) is 5.02 Å². The predicted octanol–water partition coefficient (Wildman–Crippen LogP) is 4.53. The van der Waals surface area contributed by atoms with Gasteiger partial charge in [0, 0.05) is 24.7 Å². The van der Waals surface area contributed by atoms with Crippen LogP contribution in [0.4, 0.5) is 0 Å². The van der Waals surface area contributed by atoms with Crippen LogP contribution in [0.3, 0.4) is 0 Å². The maximum atomic E-state index is 13.6. The Bertz CT molecular complexity index is 1130. The fourth-order valence-electron chi connectivity index (χ4n) is 4.51. The number of sulfonamides is 1. The quantitative estimate of drug-likeness (QED) is 0.486. The predicted molar refractivity (Wildman–Crippen MR) is 142 cm³/mol. The van der Waals surface area contributed by atoms with Gasteiger partial charge in [-0.15, -0.1) is 0 Å². The molecular weight excluding hydrogens is 498 g/mol. The zero-order valence-electron chi connectivity index (χ0n) is 21.2. The number of benzene rings is 2. The first-order valence-corrected chi connectivity index (χ1v) is 14.3. The molecular formula is C27H36ClN3O4S. The Labute approximate surface area is 219 Å². The molecule has 2 aromatic rings. The van der Waals surface area contributed by atoms with Gasteiger partial charge in [-0.25, -0.2) is 8.42 Å². The summed E-state index contributed by atoms with van der Waals surface area (Å²) >= 11 is 5.90. The van der Waals surface area contributed by atoms with Gasteiger partial charge in [0.25, 0.3) is 0 Å². The fraction of sp³-hybridized carbons (Fsp3) is 0.481. The van der Waals surface area contributed by atoms with Crippen LogP contribution in [0, 0.1) is 6.92 Å². The van der Waals surface area contributed by atoms with Crippen LogP contribution in [0.15, 0.2) is 53.4 Å². The molecule has 0 heterocycles. The number of carbonyl (C=O) groups is 2. The SMILES string of the molecule is CCC(C(=O)NC1CCCCC1)N(Cc1ccc(C)cc1)C(=O)CN(C)S(=O)(=O)c1ccc(Cl)cc1. The van der Waals surface area contributed by atoms with Crippen molar-refractivity contribution < 1.29 is 18.0 Å². The molecule has 7 nitrogen and oxygen atoms in total. The third-order valence-corrected chi connectivity index (χ3v) is 8.76. The van der Waals surface area contributed by atoms with E-state index in [0.717, 1.165) is 41.1 Å². The minimum Gasteiger partial charge on any atom is -0.352 e. The third-order valence-electron chi connectivity index (χ3n) is 6.69. The first-order chi connectivity index (χ1) is 17.1. The largest absolute Gasteiger partial charge is 0.352 e. The lowest BCUT2D eigenvalue weighted by Crippen LogP contribution is -2.53. The Kier molecular flexibility index (Phi) is 9.93. The molecule has 3 rings (SSSR count). The van der Waals surface area contributed by atoms with E-state index in [0.29, 0.717) is 11.4 Å². The number of amides is 2. The maximum absolute atomic E-state index is 13.6. The van der Waals surface area contributed by atoms with Crippen LogP contribution in [-0.2, 0) is 26.2 Å². The lowest BCUT2D eigenvalue weighted by molar-refractivity contribution is -0.141. The second-order valence-corrected chi connectivity index (χ2v) is 12.0. The number of likely N-dealkylation sites (N-methyl/N-ethyl adjacent to an activating group) is 1. The zero-order valence-corrected chi connectivity index (χ0v) is 22.8. The molecule has 2 amide bonds. The van der Waals surface area contributed by atoms with E-state index < -0.39 is 22.0 Å². The summed E-state index contributed by atoms with van der Waals surface area (Å²) in [7, 11) is -2.54. The number of aryl methyl sites for hydroxylation is 1. The van der Waals surface area contributed by atoms with Crippen molar-refractivity contribution in [1.82, 2.24) is 14.5 Å². The monoisotopic (exact) mass is 533 g/mol. The molecule has 1 saturated carbocycles. The summed E-state index contributed by atoms with van der Waals surface area (Å²) < 4.78 is 27.2. The van der Waals surface area contributed by atoms with Crippen LogP contribution >= 0.6 is 11.6 Å². The maximum Gasteiger partial charge on any atom is 0.243 e. The van der Waals surface area contributed by atoms with Gasteiger partial charge in [-0.05, 0) is 56.0 Å². The van der Waals surface area contributed by atoms with Crippen LogP contribution in [0.5, 0.6) is 0 Å². The second-order valence-electron chi connectivity index (χ2n) is 9.49. The van der Waals surface area contributed by atoms with E-state index in [1.54, 1.807) is 0 Å². The second kappa shape index (κ2) is 12.7. The van der Waals surface area contributed by atoms with Gasteiger partial charge >= 0.3 is 0 Å². The van der Waals surface area contributed by atoms with Gasteiger partial charge in [0.05, 0.1) is 11.4 Å². The third kappa shape index (κ3) is 7.31. The molecule has 0 saturated heterocycles. The number of nitrogens with zero attached hydrogens (tertiary/aromatic N) is 2. The standard InChI is InChI=1S/C27H36ClN3O4S/c1-4-25(27(33)29-23-8-6-5-7-9-23)31(18-21-12-10-20(2)11-13-21)26(32)19-30(3)36(34,35)24-16-14-22(28)15-17-24/h10-17,23,25H,4-9,18-19H2,1-3H3,(H,29,33). The number of nitrogens with one attached hydrogen (secondary N) is 1. The van der Waals surface area contributed by atoms with Crippen LogP contribution < -0.4 is 5.32 Å². The van der Waals surface area contributed by atoms with E-state index in [2.05, 4.69) is 5.32 Å². The molecule has 9 heteroatoms. The van der Waals surface area contributed by atoms with Crippen LogP contribution in [-0.4, -0.2) is 55.1 Å². The number of rotatable bonds is 10. The van der Waals surface area contributed by atoms with Crippen molar-refractivity contribution in [3.05, 3.63) is 64.7 Å². The van der Waals surface area contributed by atoms with Gasteiger partial charge in [-0.1, -0.05) is 67.6 Å². The Morgan fingerprint density at radius 1 is 1.03 bits per heavy atom. The lowest BCUT2D eigenvalue weighted by Gasteiger charge is -2.33. The Hall–Kier alpha value is -2.42. The van der Waals surface area contributed by atoms with Crippen molar-refractivity contribution in [2.45, 2.75) is 75.9 Å². The van der Waals surface area contributed by atoms with Crippen LogP contribution in [0.1, 0.15) is 56.6 Å². The normalized spacial score (nSPS) is 15.5. The molecule has 0 spiro atoms. The Morgan fingerprint density at radius 2 is 1.64 bits per heavy atom. The van der Waals surface area contributed by atoms with E-state index in [4.69, 9.17) is 11.6 Å². The summed E-state index contributed by atoms with van der Waals surface area (Å²) in [5.41, 5.74) is 1.97. The first-order valence-electron chi connectivity index (χ1n) is 12.5. The highest BCUT2D eigenvalue weighted by Gasteiger charge is 2.32. The molecule has 1 N–H and O–H groups in total. The molecule has 196 valence electrons. The summed E-state index contributed by atoms with van der Waals surface area (Å²) in [6.45, 7) is 3.68. The molecule has 0 aromatic heterocycles. The summed E-state index contributed by atoms with van der Waals surface area (Å²) in [4.78, 5) is 28.5. The zero-order chi connectivity index (χ0) is 26.3. The summed E-state index contributed by atoms with van der Waals surface area (Å²) in [6, 6.07) is 13.0. The molecule has 0 bridgehead atoms. The molecule has 1 aliphatic rings. The van der Waals surface area contributed by atoms with Crippen LogP contribution in [0.25, 0.3) is 0 Å². The lowest BCUT2D eigenvalue weighted by atomic mass is 9.95. The highest BCUT2D eigenvalue weighted by atomic mass is 35.5. The van der Waals surface area contributed by atoms with Gasteiger partial charge in [-0.2, -0.15) is 4.31 Å². The average Bonchev–Trinajstić information content (AvgIpc) is 2.86. The summed E-state index contributed by atoms with van der Waals surface area (Å²) in [5, 5.41) is 3.56. The topological polar surface area (TPSA) is 86.8 Å². The van der Waals surface area contributed by atoms with E-state index in [1.807, 2.05) is 38.1 Å². The van der Waals surface area contributed by atoms with Crippen molar-refractivity contribution in [2.24, 2.45) is 0 Å². The Balaban J connectivity index is 1.82. The van der Waals surface area contributed by atoms with Crippen molar-refractivity contribution in [2.75, 3.05) is 13.6 Å². The van der Waals surface area contributed by atoms with Gasteiger partial charge in [0.1, 0.15) is 6.04 Å². The summed E-state index contributed by atoms with van der Waals surface area (Å²) in [6.07, 6.45) is 5.65. The van der Waals surface area contributed by atoms with Gasteiger partial charge in [0.15, 0.2) is 0 Å². The van der Waals surface area contributed by atoms with Crippen molar-refractivity contribution in [3.8, 4) is 0 Å². The number of carbonyl (C=O) groups excluding carboxylic acids is 2. The van der Waals surface area contributed by atoms with Crippen molar-refractivity contribution in [1.29, 1.82) is 0 Å². The molecule has 36 heavy (non-hydrogen) atoms. The highest BCUT2D eigenvalue weighted by Crippen LogP contribution is 2.21. The smallest absolute Gasteiger partial charge is 0.243 e. The van der Waals surface area contributed by atoms with E-state index in [-0.39, 0.29) is 29.9 Å². The summed E-state index contributed by atoms with van der Waals surface area (Å²) in [5.74, 6) is -0.616. The molecule has 0 aliphatic heterocycles. The Morgan fingerprint density at radius 3 is 2.22 bits per heavy atom. The van der Waals surface area contributed by atoms with E-state index in [1.165, 1.54) is 42.6 Å². The van der Waals surface area contributed by atoms with E-state index in [9.17, 15) is 18.0 Å². The first kappa shape index (κ1) is 28.2. The number of hydrogen-bond donors (Lipinski definition) is 1. The average molecular weight is 534 g/mol. The van der Waals surface area contributed by atoms with Crippen molar-refractivity contribution in [3.63, 3.8) is 0 Å². The molecule has 1 aliphatic carbocycles. The van der Waals surface area contributed by atoms with Gasteiger partial charge < -0.3 is 10.2 Å². The molecule has 1 fully saturated rings. The van der Waals surface area contributed by atoms with E-state index >= 15 is 0 Å². The van der Waals surface area contributed by atoms with Gasteiger partial charge in [0.2, 0.25) is 21.8 Å². The molecule has 1 atom stereocenters.